The maximum atomic E-state index is 14.1. The Labute approximate surface area is 137 Å². The number of rotatable bonds is 3. The van der Waals surface area contributed by atoms with Crippen molar-refractivity contribution in [3.05, 3.63) is 42.7 Å². The first-order valence-electron chi connectivity index (χ1n) is 7.54. The second kappa shape index (κ2) is 6.32. The Hall–Kier alpha value is -2.87. The van der Waals surface area contributed by atoms with Gasteiger partial charge in [0.05, 0.1) is 25.1 Å². The molecule has 0 N–H and O–H groups in total. The Balaban J connectivity index is 1.66. The number of nitrogens with zero attached hydrogens (tertiary/aromatic N) is 5. The molecule has 1 saturated heterocycles. The van der Waals surface area contributed by atoms with Crippen molar-refractivity contribution in [2.75, 3.05) is 31.2 Å². The van der Waals surface area contributed by atoms with Crippen LogP contribution >= 0.6 is 0 Å². The lowest BCUT2D eigenvalue weighted by Crippen LogP contribution is -2.37. The number of halogens is 1. The van der Waals surface area contributed by atoms with Gasteiger partial charge in [0, 0.05) is 19.3 Å². The lowest BCUT2D eigenvalue weighted by atomic mass is 10.3. The summed E-state index contributed by atoms with van der Waals surface area (Å²) in [4.78, 5) is 18.7. The molecule has 0 bridgehead atoms. The first-order chi connectivity index (χ1) is 11.8. The Bertz CT molecular complexity index is 833. The maximum absolute atomic E-state index is 14.1. The summed E-state index contributed by atoms with van der Waals surface area (Å²) < 4.78 is 24.8. The van der Waals surface area contributed by atoms with E-state index in [1.807, 2.05) is 23.1 Å². The third-order valence-corrected chi connectivity index (χ3v) is 3.66. The molecule has 0 spiro atoms. The molecule has 0 amide bonds. The van der Waals surface area contributed by atoms with Crippen LogP contribution in [0.25, 0.3) is 23.1 Å². The van der Waals surface area contributed by atoms with Crippen LogP contribution in [-0.4, -0.2) is 46.2 Å². The van der Waals surface area contributed by atoms with E-state index >= 15 is 0 Å². The fraction of sp³-hybridized carbons (Fsp3) is 0.250. The zero-order chi connectivity index (χ0) is 16.4. The Morgan fingerprint density at radius 2 is 1.92 bits per heavy atom. The van der Waals surface area contributed by atoms with Gasteiger partial charge in [-0.2, -0.15) is 0 Å². The molecule has 3 aromatic rings. The number of hydrogen-bond acceptors (Lipinski definition) is 7. The molecule has 4 heterocycles. The van der Waals surface area contributed by atoms with Gasteiger partial charge in [0.25, 0.3) is 5.89 Å². The van der Waals surface area contributed by atoms with E-state index in [1.165, 1.54) is 6.26 Å². The summed E-state index contributed by atoms with van der Waals surface area (Å²) in [5.74, 6) is 0.225. The van der Waals surface area contributed by atoms with Crippen molar-refractivity contribution in [1.82, 2.24) is 19.9 Å². The molecule has 8 heteroatoms. The minimum absolute atomic E-state index is 0.227. The summed E-state index contributed by atoms with van der Waals surface area (Å²) in [5.41, 5.74) is 1.26. The van der Waals surface area contributed by atoms with Gasteiger partial charge in [-0.15, -0.1) is 0 Å². The second-order valence-corrected chi connectivity index (χ2v) is 5.22. The number of anilines is 1. The predicted molar refractivity (Wildman–Crippen MR) is 83.8 cm³/mol. The summed E-state index contributed by atoms with van der Waals surface area (Å²) in [7, 11) is 0. The van der Waals surface area contributed by atoms with Gasteiger partial charge in [-0.05, 0) is 12.1 Å². The Morgan fingerprint density at radius 1 is 1.04 bits per heavy atom. The highest BCUT2D eigenvalue weighted by molar-refractivity contribution is 5.57. The predicted octanol–water partition coefficient (Wildman–Crippen LogP) is 2.17. The molecule has 1 aliphatic rings. The normalized spacial score (nSPS) is 14.8. The molecule has 0 unspecified atom stereocenters. The zero-order valence-corrected chi connectivity index (χ0v) is 12.7. The van der Waals surface area contributed by atoms with Crippen LogP contribution in [0.1, 0.15) is 0 Å². The van der Waals surface area contributed by atoms with Gasteiger partial charge in [0.15, 0.2) is 11.6 Å². The van der Waals surface area contributed by atoms with Crippen LogP contribution in [0.3, 0.4) is 0 Å². The van der Waals surface area contributed by atoms with E-state index < -0.39 is 5.82 Å². The van der Waals surface area contributed by atoms with E-state index in [0.717, 1.165) is 6.20 Å². The summed E-state index contributed by atoms with van der Waals surface area (Å²) in [6.07, 6.45) is 4.30. The monoisotopic (exact) mass is 327 g/mol. The smallest absolute Gasteiger partial charge is 0.265 e. The van der Waals surface area contributed by atoms with Gasteiger partial charge in [-0.3, -0.25) is 4.98 Å². The topological polar surface area (TPSA) is 77.2 Å². The average molecular weight is 327 g/mol. The number of oxazole rings is 1. The summed E-state index contributed by atoms with van der Waals surface area (Å²) in [5, 5.41) is 0. The second-order valence-electron chi connectivity index (χ2n) is 5.22. The molecule has 1 aliphatic heterocycles. The molecular formula is C16H14FN5O2. The van der Waals surface area contributed by atoms with Crippen LogP contribution in [0.4, 0.5) is 10.2 Å². The van der Waals surface area contributed by atoms with E-state index in [-0.39, 0.29) is 17.5 Å². The third-order valence-electron chi connectivity index (χ3n) is 3.66. The molecule has 7 nitrogen and oxygen atoms in total. The van der Waals surface area contributed by atoms with E-state index in [9.17, 15) is 4.39 Å². The van der Waals surface area contributed by atoms with E-state index in [2.05, 4.69) is 19.9 Å². The lowest BCUT2D eigenvalue weighted by Gasteiger charge is -2.27. The summed E-state index contributed by atoms with van der Waals surface area (Å²) in [6.45, 7) is 2.25. The minimum Gasteiger partial charge on any atom is -0.441 e. The molecule has 0 atom stereocenters. The number of morpholine rings is 1. The molecule has 24 heavy (non-hydrogen) atoms. The number of ether oxygens (including phenoxy) is 1. The SMILES string of the molecule is Fc1cnc(-c2nc(-c3ccccn3)co2)nc1N1CCOCC1. The molecule has 122 valence electrons. The lowest BCUT2D eigenvalue weighted by molar-refractivity contribution is 0.122. The molecule has 0 aliphatic carbocycles. The molecule has 0 radical (unpaired) electrons. The standard InChI is InChI=1S/C16H14FN5O2/c17-11-9-19-14(21-15(11)22-5-7-23-8-6-22)16-20-13(10-24-16)12-3-1-2-4-18-12/h1-4,9-10H,5-8H2. The van der Waals surface area contributed by atoms with Crippen molar-refractivity contribution in [3.63, 3.8) is 0 Å². The van der Waals surface area contributed by atoms with Gasteiger partial charge in [-0.25, -0.2) is 19.3 Å². The quantitative estimate of drug-likeness (QED) is 0.729. The molecule has 3 aromatic heterocycles. The fourth-order valence-electron chi connectivity index (χ4n) is 2.47. The van der Waals surface area contributed by atoms with Crippen molar-refractivity contribution in [1.29, 1.82) is 0 Å². The van der Waals surface area contributed by atoms with Crippen LogP contribution in [0.5, 0.6) is 0 Å². The first kappa shape index (κ1) is 14.7. The highest BCUT2D eigenvalue weighted by Gasteiger charge is 2.20. The molecule has 1 fully saturated rings. The molecule has 4 rings (SSSR count). The van der Waals surface area contributed by atoms with Crippen molar-refractivity contribution in [2.45, 2.75) is 0 Å². The number of aromatic nitrogens is 4. The van der Waals surface area contributed by atoms with E-state index in [4.69, 9.17) is 9.15 Å². The summed E-state index contributed by atoms with van der Waals surface area (Å²) in [6, 6.07) is 5.51. The minimum atomic E-state index is -0.475. The first-order valence-corrected chi connectivity index (χ1v) is 7.54. The molecule has 0 saturated carbocycles. The average Bonchev–Trinajstić information content (AvgIpc) is 3.14. The van der Waals surface area contributed by atoms with E-state index in [0.29, 0.717) is 37.7 Å². The van der Waals surface area contributed by atoms with Gasteiger partial charge in [0.2, 0.25) is 5.82 Å². The Morgan fingerprint density at radius 3 is 2.71 bits per heavy atom. The van der Waals surface area contributed by atoms with E-state index in [1.54, 1.807) is 6.20 Å². The van der Waals surface area contributed by atoms with Crippen LogP contribution in [-0.2, 0) is 4.74 Å². The number of pyridine rings is 1. The summed E-state index contributed by atoms with van der Waals surface area (Å²) >= 11 is 0. The zero-order valence-electron chi connectivity index (χ0n) is 12.7. The van der Waals surface area contributed by atoms with Crippen LogP contribution in [0.2, 0.25) is 0 Å². The Kier molecular flexibility index (Phi) is 3.87. The largest absolute Gasteiger partial charge is 0.441 e. The van der Waals surface area contributed by atoms with Gasteiger partial charge in [0.1, 0.15) is 12.0 Å². The fourth-order valence-corrected chi connectivity index (χ4v) is 2.47. The maximum Gasteiger partial charge on any atom is 0.265 e. The number of hydrogen-bond donors (Lipinski definition) is 0. The van der Waals surface area contributed by atoms with Crippen molar-refractivity contribution >= 4 is 5.82 Å². The highest BCUT2D eigenvalue weighted by atomic mass is 19.1. The molecular weight excluding hydrogens is 313 g/mol. The van der Waals surface area contributed by atoms with Crippen LogP contribution < -0.4 is 4.90 Å². The van der Waals surface area contributed by atoms with Crippen LogP contribution in [0, 0.1) is 5.82 Å². The van der Waals surface area contributed by atoms with Crippen molar-refractivity contribution in [3.8, 4) is 23.1 Å². The van der Waals surface area contributed by atoms with Gasteiger partial charge >= 0.3 is 0 Å². The van der Waals surface area contributed by atoms with Gasteiger partial charge in [-0.1, -0.05) is 6.07 Å². The van der Waals surface area contributed by atoms with Gasteiger partial charge < -0.3 is 14.1 Å². The van der Waals surface area contributed by atoms with Crippen molar-refractivity contribution in [2.24, 2.45) is 0 Å². The van der Waals surface area contributed by atoms with Crippen molar-refractivity contribution < 1.29 is 13.5 Å². The highest BCUT2D eigenvalue weighted by Crippen LogP contribution is 2.24. The third kappa shape index (κ3) is 2.83. The van der Waals surface area contributed by atoms with Crippen LogP contribution in [0.15, 0.2) is 41.3 Å². The molecule has 0 aromatic carbocycles.